The number of alkyl halides is 1. The van der Waals surface area contributed by atoms with Crippen molar-refractivity contribution in [2.75, 3.05) is 12.5 Å². The molecule has 1 aromatic rings. The molecule has 0 saturated heterocycles. The molecule has 0 aromatic heterocycles. The van der Waals surface area contributed by atoms with E-state index in [2.05, 4.69) is 0 Å². The molecular formula is C9H10ClFO2. The van der Waals surface area contributed by atoms with Crippen LogP contribution in [0.3, 0.4) is 0 Å². The first-order chi connectivity index (χ1) is 6.26. The highest BCUT2D eigenvalue weighted by atomic mass is 35.5. The summed E-state index contributed by atoms with van der Waals surface area (Å²) in [6.45, 7) is 0.130. The zero-order valence-electron chi connectivity index (χ0n) is 6.96. The van der Waals surface area contributed by atoms with Crippen LogP contribution in [0.5, 0.6) is 5.75 Å². The average molecular weight is 205 g/mol. The summed E-state index contributed by atoms with van der Waals surface area (Å²) in [5.41, 5.74) is 0.490. The largest absolute Gasteiger partial charge is 0.492 e. The highest BCUT2D eigenvalue weighted by Crippen LogP contribution is 2.16. The second-order valence-corrected chi connectivity index (χ2v) is 2.87. The number of hydrogen-bond donors (Lipinski definition) is 1. The minimum atomic E-state index is -0.420. The Labute approximate surface area is 80.9 Å². The van der Waals surface area contributed by atoms with Crippen molar-refractivity contribution in [3.8, 4) is 5.75 Å². The smallest absolute Gasteiger partial charge is 0.127 e. The third kappa shape index (κ3) is 3.20. The van der Waals surface area contributed by atoms with Crippen LogP contribution in [0.4, 0.5) is 4.39 Å². The molecule has 1 N–H and O–H groups in total. The number of rotatable bonds is 4. The van der Waals surface area contributed by atoms with Crippen LogP contribution in [0.1, 0.15) is 5.56 Å². The molecule has 0 amide bonds. The van der Waals surface area contributed by atoms with Gasteiger partial charge in [-0.25, -0.2) is 4.39 Å². The van der Waals surface area contributed by atoms with Crippen LogP contribution in [-0.2, 0) is 6.61 Å². The van der Waals surface area contributed by atoms with Crippen LogP contribution >= 0.6 is 11.6 Å². The molecule has 0 bridgehead atoms. The molecule has 13 heavy (non-hydrogen) atoms. The number of hydrogen-bond acceptors (Lipinski definition) is 2. The van der Waals surface area contributed by atoms with Gasteiger partial charge in [-0.15, -0.1) is 11.6 Å². The minimum Gasteiger partial charge on any atom is -0.492 e. The van der Waals surface area contributed by atoms with E-state index in [0.717, 1.165) is 0 Å². The van der Waals surface area contributed by atoms with Crippen LogP contribution < -0.4 is 4.74 Å². The van der Waals surface area contributed by atoms with Crippen molar-refractivity contribution >= 4 is 11.6 Å². The zero-order valence-corrected chi connectivity index (χ0v) is 7.72. The number of ether oxygens (including phenoxy) is 1. The van der Waals surface area contributed by atoms with Crippen molar-refractivity contribution in [2.45, 2.75) is 6.61 Å². The Morgan fingerprint density at radius 3 is 2.77 bits per heavy atom. The lowest BCUT2D eigenvalue weighted by Crippen LogP contribution is -1.99. The number of aliphatic hydroxyl groups is 1. The first-order valence-electron chi connectivity index (χ1n) is 3.85. The molecule has 0 radical (unpaired) electrons. The van der Waals surface area contributed by atoms with Gasteiger partial charge in [0.1, 0.15) is 18.2 Å². The molecular weight excluding hydrogens is 195 g/mol. The van der Waals surface area contributed by atoms with Crippen LogP contribution in [0.15, 0.2) is 18.2 Å². The monoisotopic (exact) mass is 204 g/mol. The normalized spacial score (nSPS) is 10.1. The molecule has 0 unspecified atom stereocenters. The Balaban J connectivity index is 2.76. The van der Waals surface area contributed by atoms with Crippen molar-refractivity contribution in [3.05, 3.63) is 29.6 Å². The van der Waals surface area contributed by atoms with Crippen molar-refractivity contribution in [2.24, 2.45) is 0 Å². The highest BCUT2D eigenvalue weighted by molar-refractivity contribution is 6.17. The van der Waals surface area contributed by atoms with Crippen molar-refractivity contribution < 1.29 is 14.2 Å². The molecule has 72 valence electrons. The number of benzene rings is 1. The van der Waals surface area contributed by atoms with Crippen molar-refractivity contribution in [1.82, 2.24) is 0 Å². The molecule has 1 aromatic carbocycles. The molecule has 2 nitrogen and oxygen atoms in total. The summed E-state index contributed by atoms with van der Waals surface area (Å²) in [5.74, 6) is 0.325. The first-order valence-corrected chi connectivity index (χ1v) is 4.39. The van der Waals surface area contributed by atoms with Gasteiger partial charge in [-0.05, 0) is 17.7 Å². The van der Waals surface area contributed by atoms with E-state index < -0.39 is 5.82 Å². The second kappa shape index (κ2) is 5.04. The van der Waals surface area contributed by atoms with Crippen LogP contribution in [0.2, 0.25) is 0 Å². The van der Waals surface area contributed by atoms with E-state index in [1.807, 2.05) is 0 Å². The van der Waals surface area contributed by atoms with Gasteiger partial charge >= 0.3 is 0 Å². The molecule has 0 aliphatic rings. The molecule has 0 atom stereocenters. The molecule has 0 spiro atoms. The summed E-state index contributed by atoms with van der Waals surface area (Å²) in [6, 6.07) is 4.09. The van der Waals surface area contributed by atoms with E-state index >= 15 is 0 Å². The average Bonchev–Trinajstić information content (AvgIpc) is 2.14. The van der Waals surface area contributed by atoms with E-state index in [0.29, 0.717) is 23.8 Å². The maximum Gasteiger partial charge on any atom is 0.127 e. The quantitative estimate of drug-likeness (QED) is 0.760. The Bertz CT molecular complexity index is 278. The fourth-order valence-corrected chi connectivity index (χ4v) is 1.03. The van der Waals surface area contributed by atoms with E-state index in [1.54, 1.807) is 6.07 Å². The number of halogens is 2. The molecule has 0 aliphatic heterocycles. The summed E-state index contributed by atoms with van der Waals surface area (Å²) < 4.78 is 17.9. The molecule has 0 saturated carbocycles. The van der Waals surface area contributed by atoms with E-state index in [9.17, 15) is 4.39 Å². The summed E-state index contributed by atoms with van der Waals surface area (Å²) in [4.78, 5) is 0. The molecule has 0 heterocycles. The maximum atomic E-state index is 12.8. The number of aliphatic hydroxyl groups excluding tert-OH is 1. The van der Waals surface area contributed by atoms with Gasteiger partial charge in [-0.2, -0.15) is 0 Å². The Morgan fingerprint density at radius 1 is 1.38 bits per heavy atom. The molecule has 0 fully saturated rings. The standard InChI is InChI=1S/C9H10ClFO2/c10-1-2-13-9-4-7(6-12)3-8(11)5-9/h3-5,12H,1-2,6H2. The SMILES string of the molecule is OCc1cc(F)cc(OCCCl)c1. The predicted molar refractivity (Wildman–Crippen MR) is 48.5 cm³/mol. The van der Waals surface area contributed by atoms with Gasteiger partial charge in [0.2, 0.25) is 0 Å². The molecule has 4 heteroatoms. The van der Waals surface area contributed by atoms with E-state index in [1.165, 1.54) is 12.1 Å². The van der Waals surface area contributed by atoms with Gasteiger partial charge in [0.15, 0.2) is 0 Å². The van der Waals surface area contributed by atoms with Gasteiger partial charge < -0.3 is 9.84 Å². The topological polar surface area (TPSA) is 29.5 Å². The third-order valence-electron chi connectivity index (χ3n) is 1.46. The lowest BCUT2D eigenvalue weighted by Gasteiger charge is -2.05. The fraction of sp³-hybridized carbons (Fsp3) is 0.333. The third-order valence-corrected chi connectivity index (χ3v) is 1.61. The lowest BCUT2D eigenvalue weighted by atomic mass is 10.2. The van der Waals surface area contributed by atoms with Crippen LogP contribution in [-0.4, -0.2) is 17.6 Å². The lowest BCUT2D eigenvalue weighted by molar-refractivity contribution is 0.279. The second-order valence-electron chi connectivity index (χ2n) is 2.49. The Morgan fingerprint density at radius 2 is 2.15 bits per heavy atom. The van der Waals surface area contributed by atoms with Crippen LogP contribution in [0, 0.1) is 5.82 Å². The Kier molecular flexibility index (Phi) is 3.99. The Hall–Kier alpha value is -0.800. The van der Waals surface area contributed by atoms with Crippen molar-refractivity contribution in [3.63, 3.8) is 0 Å². The molecule has 0 aliphatic carbocycles. The molecule has 1 rings (SSSR count). The van der Waals surface area contributed by atoms with Gasteiger partial charge in [0.05, 0.1) is 12.5 Å². The summed E-state index contributed by atoms with van der Waals surface area (Å²) in [5, 5.41) is 8.76. The summed E-state index contributed by atoms with van der Waals surface area (Å²) >= 11 is 5.40. The van der Waals surface area contributed by atoms with Gasteiger partial charge in [-0.1, -0.05) is 0 Å². The van der Waals surface area contributed by atoms with Crippen LogP contribution in [0.25, 0.3) is 0 Å². The van der Waals surface area contributed by atoms with Crippen molar-refractivity contribution in [1.29, 1.82) is 0 Å². The van der Waals surface area contributed by atoms with E-state index in [-0.39, 0.29) is 6.61 Å². The maximum absolute atomic E-state index is 12.8. The zero-order chi connectivity index (χ0) is 9.68. The van der Waals surface area contributed by atoms with Gasteiger partial charge in [0, 0.05) is 6.07 Å². The fourth-order valence-electron chi connectivity index (χ4n) is 0.952. The van der Waals surface area contributed by atoms with Gasteiger partial charge in [-0.3, -0.25) is 0 Å². The first kappa shape index (κ1) is 10.3. The minimum absolute atomic E-state index is 0.199. The van der Waals surface area contributed by atoms with E-state index in [4.69, 9.17) is 21.4 Å². The predicted octanol–water partition coefficient (Wildman–Crippen LogP) is 1.94. The highest BCUT2D eigenvalue weighted by Gasteiger charge is 2.00. The summed E-state index contributed by atoms with van der Waals surface area (Å²) in [7, 11) is 0. The van der Waals surface area contributed by atoms with Gasteiger partial charge in [0.25, 0.3) is 0 Å². The summed E-state index contributed by atoms with van der Waals surface area (Å²) in [6.07, 6.45) is 0.